The van der Waals surface area contributed by atoms with E-state index in [2.05, 4.69) is 11.5 Å². The first-order valence-electron chi connectivity index (χ1n) is 5.09. The van der Waals surface area contributed by atoms with Gasteiger partial charge in [0.15, 0.2) is 0 Å². The van der Waals surface area contributed by atoms with Gasteiger partial charge in [-0.3, -0.25) is 0 Å². The Bertz CT molecular complexity index is 201. The van der Waals surface area contributed by atoms with Gasteiger partial charge in [0, 0.05) is 5.97 Å². The molecule has 0 saturated carbocycles. The lowest BCUT2D eigenvalue weighted by molar-refractivity contribution is -0.520. The summed E-state index contributed by atoms with van der Waals surface area (Å²) in [6, 6.07) is 0.897. The summed E-state index contributed by atoms with van der Waals surface area (Å²) in [5.74, 6) is 0.157. The van der Waals surface area contributed by atoms with E-state index in [0.717, 1.165) is 25.0 Å². The van der Waals surface area contributed by atoms with Crippen molar-refractivity contribution >= 4 is 17.7 Å². The van der Waals surface area contributed by atoms with E-state index in [0.29, 0.717) is 17.3 Å². The number of quaternary nitrogens is 2. The molecule has 5 heteroatoms. The highest BCUT2D eigenvalue weighted by molar-refractivity contribution is 8.00. The number of hydrogen-bond donors (Lipinski definition) is 2. The summed E-state index contributed by atoms with van der Waals surface area (Å²) in [4.78, 5) is 10.2. The molecule has 0 aromatic heterocycles. The van der Waals surface area contributed by atoms with Gasteiger partial charge in [-0.2, -0.15) is 0 Å². The molecule has 1 fully saturated rings. The highest BCUT2D eigenvalue weighted by atomic mass is 32.2. The van der Waals surface area contributed by atoms with E-state index < -0.39 is 5.97 Å². The molecule has 1 heterocycles. The van der Waals surface area contributed by atoms with Crippen LogP contribution >= 0.6 is 11.8 Å². The maximum atomic E-state index is 10.2. The molecule has 0 spiro atoms. The molecule has 6 N–H and O–H groups in total. The van der Waals surface area contributed by atoms with Gasteiger partial charge in [-0.25, -0.2) is 0 Å². The summed E-state index contributed by atoms with van der Waals surface area (Å²) in [5.41, 5.74) is 8.14. The van der Waals surface area contributed by atoms with E-state index in [1.54, 1.807) is 0 Å². The normalized spacial score (nSPS) is 32.0. The average molecular weight is 219 g/mol. The van der Waals surface area contributed by atoms with Gasteiger partial charge < -0.3 is 21.4 Å². The Hall–Kier alpha value is -0.260. The fraction of sp³-hybridized carbons (Fsp3) is 0.889. The van der Waals surface area contributed by atoms with Crippen molar-refractivity contribution in [3.8, 4) is 0 Å². The Labute approximate surface area is 88.4 Å². The summed E-state index contributed by atoms with van der Waals surface area (Å²) < 4.78 is 0. The summed E-state index contributed by atoms with van der Waals surface area (Å²) >= 11 is 1.93. The summed E-state index contributed by atoms with van der Waals surface area (Å²) in [6.45, 7) is 0. The second-order valence-corrected chi connectivity index (χ2v) is 5.19. The van der Waals surface area contributed by atoms with Crippen LogP contribution in [-0.2, 0) is 4.79 Å². The zero-order chi connectivity index (χ0) is 10.6. The van der Waals surface area contributed by atoms with Crippen LogP contribution < -0.4 is 16.6 Å². The molecular formula is C9H19N2O2S+. The monoisotopic (exact) mass is 219 g/mol. The van der Waals surface area contributed by atoms with Crippen molar-refractivity contribution in [3.63, 3.8) is 0 Å². The highest BCUT2D eigenvalue weighted by Crippen LogP contribution is 2.27. The topological polar surface area (TPSA) is 95.4 Å². The Morgan fingerprint density at radius 2 is 2.14 bits per heavy atom. The number of carbonyl (C=O) groups is 1. The molecular weight excluding hydrogens is 200 g/mol. The van der Waals surface area contributed by atoms with E-state index in [-0.39, 0.29) is 6.42 Å². The minimum atomic E-state index is -0.940. The van der Waals surface area contributed by atoms with E-state index >= 15 is 0 Å². The number of hydrogen-bond acceptors (Lipinski definition) is 3. The second kappa shape index (κ2) is 5.58. The molecule has 0 bridgehead atoms. The largest absolute Gasteiger partial charge is 0.550 e. The molecule has 3 atom stereocenters. The molecule has 0 radical (unpaired) electrons. The number of carboxylic acids is 1. The molecule has 1 aliphatic rings. The van der Waals surface area contributed by atoms with Crippen molar-refractivity contribution in [2.24, 2.45) is 0 Å². The Morgan fingerprint density at radius 1 is 1.43 bits per heavy atom. The molecule has 1 saturated heterocycles. The Kier molecular flexibility index (Phi) is 4.71. The standard InChI is InChI=1S/C9H18N2O2S/c10-6-5-14-7(9(6)11)3-1-2-4-8(12)13/h6-7,9H,1-5,10-11H2,(H,12,13)/p+1/t6-,7+,9+/m1/s1. The van der Waals surface area contributed by atoms with Gasteiger partial charge in [-0.15, -0.1) is 11.8 Å². The quantitative estimate of drug-likeness (QED) is 0.506. The first kappa shape index (κ1) is 11.8. The van der Waals surface area contributed by atoms with Crippen LogP contribution in [0.4, 0.5) is 0 Å². The summed E-state index contributed by atoms with van der Waals surface area (Å²) in [7, 11) is 0. The van der Waals surface area contributed by atoms with E-state index in [1.165, 1.54) is 0 Å². The van der Waals surface area contributed by atoms with Crippen molar-refractivity contribution in [3.05, 3.63) is 0 Å². The fourth-order valence-electron chi connectivity index (χ4n) is 1.71. The fourth-order valence-corrected chi connectivity index (χ4v) is 3.25. The van der Waals surface area contributed by atoms with Gasteiger partial charge >= 0.3 is 0 Å². The molecule has 0 aromatic rings. The second-order valence-electron chi connectivity index (χ2n) is 3.91. The molecule has 0 amide bonds. The van der Waals surface area contributed by atoms with Crippen LogP contribution in [0.15, 0.2) is 0 Å². The molecule has 14 heavy (non-hydrogen) atoms. The highest BCUT2D eigenvalue weighted by Gasteiger charge is 2.36. The van der Waals surface area contributed by atoms with Crippen LogP contribution in [0.1, 0.15) is 25.7 Å². The number of thioether (sulfide) groups is 1. The van der Waals surface area contributed by atoms with Crippen molar-refractivity contribution in [1.82, 2.24) is 0 Å². The first-order valence-corrected chi connectivity index (χ1v) is 6.13. The Balaban J connectivity index is 2.10. The van der Waals surface area contributed by atoms with Gasteiger partial charge in [0.2, 0.25) is 0 Å². The first-order chi connectivity index (χ1) is 6.61. The lowest BCUT2D eigenvalue weighted by atomic mass is 10.0. The lowest BCUT2D eigenvalue weighted by Gasteiger charge is -2.11. The van der Waals surface area contributed by atoms with Gasteiger partial charge in [-0.1, -0.05) is 6.42 Å². The van der Waals surface area contributed by atoms with Crippen LogP contribution in [0.2, 0.25) is 0 Å². The molecule has 82 valence electrons. The third-order valence-electron chi connectivity index (χ3n) is 2.73. The maximum Gasteiger partial charge on any atom is 0.149 e. The van der Waals surface area contributed by atoms with Crippen LogP contribution in [0, 0.1) is 0 Å². The Morgan fingerprint density at radius 3 is 2.64 bits per heavy atom. The number of carboxylic acid groups (broad SMARTS) is 1. The van der Waals surface area contributed by atoms with E-state index in [4.69, 9.17) is 0 Å². The zero-order valence-corrected chi connectivity index (χ0v) is 9.22. The third-order valence-corrected chi connectivity index (χ3v) is 4.36. The van der Waals surface area contributed by atoms with Crippen molar-refractivity contribution in [2.45, 2.75) is 43.0 Å². The molecule has 1 rings (SSSR count). The summed E-state index contributed by atoms with van der Waals surface area (Å²) in [6.07, 6.45) is 2.95. The summed E-state index contributed by atoms with van der Waals surface area (Å²) in [5, 5.41) is 10.8. The van der Waals surface area contributed by atoms with Crippen molar-refractivity contribution in [1.29, 1.82) is 0 Å². The SMILES string of the molecule is [NH3+][C@H]1[C@H]([NH3+])CS[C@H]1CCCCC(=O)[O-]. The lowest BCUT2D eigenvalue weighted by Crippen LogP contribution is -2.80. The molecule has 0 unspecified atom stereocenters. The van der Waals surface area contributed by atoms with E-state index in [1.807, 2.05) is 11.8 Å². The van der Waals surface area contributed by atoms with Crippen molar-refractivity contribution < 1.29 is 21.4 Å². The van der Waals surface area contributed by atoms with Gasteiger partial charge in [0.25, 0.3) is 0 Å². The smallest absolute Gasteiger partial charge is 0.149 e. The predicted octanol–water partition coefficient (Wildman–Crippen LogP) is -2.37. The maximum absolute atomic E-state index is 10.2. The number of rotatable bonds is 5. The number of carbonyl (C=O) groups excluding carboxylic acids is 1. The third kappa shape index (κ3) is 3.48. The van der Waals surface area contributed by atoms with Crippen LogP contribution in [0.5, 0.6) is 0 Å². The molecule has 0 aromatic carbocycles. The predicted molar refractivity (Wildman–Crippen MR) is 53.1 cm³/mol. The molecule has 4 nitrogen and oxygen atoms in total. The molecule has 0 aliphatic carbocycles. The van der Waals surface area contributed by atoms with E-state index in [9.17, 15) is 9.90 Å². The number of aliphatic carboxylic acids is 1. The van der Waals surface area contributed by atoms with Crippen molar-refractivity contribution in [2.75, 3.05) is 5.75 Å². The average Bonchev–Trinajstić information content (AvgIpc) is 2.43. The van der Waals surface area contributed by atoms with Gasteiger partial charge in [0.05, 0.1) is 11.0 Å². The van der Waals surface area contributed by atoms with Crippen LogP contribution in [0.3, 0.4) is 0 Å². The molecule has 1 aliphatic heterocycles. The minimum Gasteiger partial charge on any atom is -0.550 e. The van der Waals surface area contributed by atoms with Crippen LogP contribution in [0.25, 0.3) is 0 Å². The number of unbranched alkanes of at least 4 members (excludes halogenated alkanes) is 1. The zero-order valence-electron chi connectivity index (χ0n) is 8.41. The van der Waals surface area contributed by atoms with Gasteiger partial charge in [0.1, 0.15) is 12.1 Å². The van der Waals surface area contributed by atoms with Crippen LogP contribution in [-0.4, -0.2) is 29.1 Å². The minimum absolute atomic E-state index is 0.187. The van der Waals surface area contributed by atoms with Gasteiger partial charge in [-0.05, 0) is 19.3 Å².